The molecule has 0 N–H and O–H groups in total. The molecule has 26 heavy (non-hydrogen) atoms. The largest absolute Gasteiger partial charge is 0.315 e. The van der Waals surface area contributed by atoms with E-state index >= 15 is 0 Å². The molecule has 5 aromatic rings. The Morgan fingerprint density at radius 3 is 1.69 bits per heavy atom. The number of hydrogen-bond acceptors (Lipinski definition) is 0. The molecule has 0 aliphatic carbocycles. The van der Waals surface area contributed by atoms with E-state index in [0.717, 1.165) is 0 Å². The number of benzene rings is 3. The summed E-state index contributed by atoms with van der Waals surface area (Å²) in [6.07, 6.45) is 2.20. The van der Waals surface area contributed by atoms with Gasteiger partial charge in [-0.3, -0.25) is 0 Å². The number of fused-ring (bicyclic) bond motifs is 3. The van der Waals surface area contributed by atoms with Gasteiger partial charge in [0, 0.05) is 24.9 Å². The van der Waals surface area contributed by atoms with Gasteiger partial charge in [-0.15, -0.1) is 0 Å². The van der Waals surface area contributed by atoms with E-state index < -0.39 is 7.92 Å². The predicted molar refractivity (Wildman–Crippen MR) is 114 cm³/mol. The molecule has 0 atom stereocenters. The standard InChI is InChI=1S/C24H18NP/c1-3-11-19(12-4-1)26(20-13-5-2-6-14-20)24-22-16-8-7-15-21(22)23-17-9-10-18-25(23)24/h1-18H. The van der Waals surface area contributed by atoms with E-state index in [1.54, 1.807) is 0 Å². The summed E-state index contributed by atoms with van der Waals surface area (Å²) in [4.78, 5) is 0. The molecular formula is C24H18NP. The number of aromatic nitrogens is 1. The van der Waals surface area contributed by atoms with Gasteiger partial charge >= 0.3 is 0 Å². The van der Waals surface area contributed by atoms with Crippen LogP contribution in [0.4, 0.5) is 0 Å². The summed E-state index contributed by atoms with van der Waals surface area (Å²) in [5.41, 5.74) is 2.67. The Balaban J connectivity index is 1.90. The highest BCUT2D eigenvalue weighted by Crippen LogP contribution is 2.37. The molecule has 0 amide bonds. The van der Waals surface area contributed by atoms with Crippen molar-refractivity contribution in [3.8, 4) is 0 Å². The molecule has 0 radical (unpaired) electrons. The molecule has 0 unspecified atom stereocenters. The average Bonchev–Trinajstić information content (AvgIpc) is 3.05. The Morgan fingerprint density at radius 2 is 1.04 bits per heavy atom. The lowest BCUT2D eigenvalue weighted by Crippen LogP contribution is -2.23. The van der Waals surface area contributed by atoms with Gasteiger partial charge < -0.3 is 4.40 Å². The normalized spacial score (nSPS) is 11.4. The fourth-order valence-electron chi connectivity index (χ4n) is 3.65. The van der Waals surface area contributed by atoms with Crippen molar-refractivity contribution in [3.63, 3.8) is 0 Å². The molecule has 5 rings (SSSR count). The second kappa shape index (κ2) is 6.44. The third-order valence-corrected chi connectivity index (χ3v) is 7.28. The highest BCUT2D eigenvalue weighted by molar-refractivity contribution is 7.80. The molecule has 3 aromatic carbocycles. The molecule has 2 aromatic heterocycles. The van der Waals surface area contributed by atoms with E-state index in [9.17, 15) is 0 Å². The lowest BCUT2D eigenvalue weighted by Gasteiger charge is -2.19. The van der Waals surface area contributed by atoms with Crippen LogP contribution in [0.25, 0.3) is 16.3 Å². The second-order valence-corrected chi connectivity index (χ2v) is 8.46. The summed E-state index contributed by atoms with van der Waals surface area (Å²) in [7, 11) is -0.646. The number of nitrogens with zero attached hydrogens (tertiary/aromatic N) is 1. The fraction of sp³-hybridized carbons (Fsp3) is 0. The van der Waals surface area contributed by atoms with Crippen molar-refractivity contribution in [2.24, 2.45) is 0 Å². The molecule has 0 aliphatic rings. The third kappa shape index (κ3) is 2.44. The first kappa shape index (κ1) is 15.4. The van der Waals surface area contributed by atoms with Crippen molar-refractivity contribution in [2.75, 3.05) is 0 Å². The summed E-state index contributed by atoms with van der Waals surface area (Å²) in [5.74, 6) is 0. The summed E-state index contributed by atoms with van der Waals surface area (Å²) in [6.45, 7) is 0. The minimum Gasteiger partial charge on any atom is -0.315 e. The van der Waals surface area contributed by atoms with Gasteiger partial charge in [-0.2, -0.15) is 0 Å². The van der Waals surface area contributed by atoms with Crippen LogP contribution < -0.4 is 16.0 Å². The maximum absolute atomic E-state index is 2.39. The van der Waals surface area contributed by atoms with Gasteiger partial charge in [0.25, 0.3) is 0 Å². The zero-order chi connectivity index (χ0) is 17.3. The molecule has 2 heterocycles. The van der Waals surface area contributed by atoms with E-state index in [1.807, 2.05) is 0 Å². The second-order valence-electron chi connectivity index (χ2n) is 6.33. The summed E-state index contributed by atoms with van der Waals surface area (Å²) in [6, 6.07) is 37.0. The molecule has 124 valence electrons. The van der Waals surface area contributed by atoms with Crippen molar-refractivity contribution in [2.45, 2.75) is 0 Å². The zero-order valence-corrected chi connectivity index (χ0v) is 15.2. The number of hydrogen-bond donors (Lipinski definition) is 0. The van der Waals surface area contributed by atoms with Crippen molar-refractivity contribution in [1.82, 2.24) is 4.40 Å². The lowest BCUT2D eigenvalue weighted by atomic mass is 10.2. The first-order valence-corrected chi connectivity index (χ1v) is 10.2. The smallest absolute Gasteiger partial charge is 0.0627 e. The molecule has 1 nitrogen and oxygen atoms in total. The molecule has 0 spiro atoms. The topological polar surface area (TPSA) is 4.41 Å². The Kier molecular flexibility index (Phi) is 3.81. The molecule has 0 bridgehead atoms. The van der Waals surface area contributed by atoms with Gasteiger partial charge in [-0.05, 0) is 22.7 Å². The van der Waals surface area contributed by atoms with Crippen LogP contribution in [-0.4, -0.2) is 4.40 Å². The van der Waals surface area contributed by atoms with Crippen LogP contribution in [0.1, 0.15) is 0 Å². The highest BCUT2D eigenvalue weighted by Gasteiger charge is 2.23. The van der Waals surface area contributed by atoms with E-state index in [0.29, 0.717) is 0 Å². The minimum atomic E-state index is -0.646. The number of rotatable bonds is 3. The SMILES string of the molecule is c1ccc(P(c2ccccc2)c2c3ccccc3c3ccccn23)cc1. The fourth-order valence-corrected chi connectivity index (χ4v) is 6.21. The van der Waals surface area contributed by atoms with Crippen LogP contribution in [-0.2, 0) is 0 Å². The highest BCUT2D eigenvalue weighted by atomic mass is 31.1. The third-order valence-electron chi connectivity index (χ3n) is 4.77. The van der Waals surface area contributed by atoms with Crippen LogP contribution in [0.5, 0.6) is 0 Å². The van der Waals surface area contributed by atoms with Crippen molar-refractivity contribution < 1.29 is 0 Å². The first-order chi connectivity index (χ1) is 12.9. The van der Waals surface area contributed by atoms with Crippen LogP contribution >= 0.6 is 7.92 Å². The van der Waals surface area contributed by atoms with Gasteiger partial charge in [-0.25, -0.2) is 0 Å². The molecule has 0 aliphatic heterocycles. The Hall–Kier alpha value is -2.89. The van der Waals surface area contributed by atoms with E-state index in [1.165, 1.54) is 32.3 Å². The van der Waals surface area contributed by atoms with E-state index in [4.69, 9.17) is 0 Å². The monoisotopic (exact) mass is 351 g/mol. The predicted octanol–water partition coefficient (Wildman–Crippen LogP) is 4.85. The summed E-state index contributed by atoms with van der Waals surface area (Å²) in [5, 5.41) is 5.42. The van der Waals surface area contributed by atoms with Crippen LogP contribution in [0, 0.1) is 0 Å². The van der Waals surface area contributed by atoms with Crippen LogP contribution in [0.2, 0.25) is 0 Å². The van der Waals surface area contributed by atoms with Crippen LogP contribution in [0.15, 0.2) is 109 Å². The van der Waals surface area contributed by atoms with Gasteiger partial charge in [-0.1, -0.05) is 91.0 Å². The molecule has 2 heteroatoms. The maximum Gasteiger partial charge on any atom is 0.0627 e. The van der Waals surface area contributed by atoms with Crippen molar-refractivity contribution in [3.05, 3.63) is 109 Å². The van der Waals surface area contributed by atoms with Crippen molar-refractivity contribution >= 4 is 40.3 Å². The molecule has 0 saturated heterocycles. The summed E-state index contributed by atoms with van der Waals surface area (Å²) >= 11 is 0. The Morgan fingerprint density at radius 1 is 0.500 bits per heavy atom. The molecule has 0 saturated carbocycles. The maximum atomic E-state index is 2.39. The van der Waals surface area contributed by atoms with Gasteiger partial charge in [0.15, 0.2) is 0 Å². The Labute approximate surface area is 154 Å². The van der Waals surface area contributed by atoms with E-state index in [2.05, 4.69) is 114 Å². The quantitative estimate of drug-likeness (QED) is 0.409. The van der Waals surface area contributed by atoms with Gasteiger partial charge in [0.2, 0.25) is 0 Å². The van der Waals surface area contributed by atoms with Crippen molar-refractivity contribution in [1.29, 1.82) is 0 Å². The average molecular weight is 351 g/mol. The van der Waals surface area contributed by atoms with Gasteiger partial charge in [0.1, 0.15) is 0 Å². The van der Waals surface area contributed by atoms with E-state index in [-0.39, 0.29) is 0 Å². The molecular weight excluding hydrogens is 333 g/mol. The zero-order valence-electron chi connectivity index (χ0n) is 14.3. The first-order valence-electron chi connectivity index (χ1n) is 8.81. The molecule has 0 fully saturated rings. The minimum absolute atomic E-state index is 0.646. The van der Waals surface area contributed by atoms with Gasteiger partial charge in [0.05, 0.1) is 11.0 Å². The Bertz CT molecular complexity index is 1080. The lowest BCUT2D eigenvalue weighted by molar-refractivity contribution is 1.25. The van der Waals surface area contributed by atoms with Crippen LogP contribution in [0.3, 0.4) is 0 Å². The summed E-state index contributed by atoms with van der Waals surface area (Å²) < 4.78 is 2.39. The number of pyridine rings is 1.